The predicted octanol–water partition coefficient (Wildman–Crippen LogP) is 5.89. The maximum absolute atomic E-state index is 13.0. The normalized spacial score (nSPS) is 17.6. The molecule has 1 aliphatic rings. The fourth-order valence-corrected chi connectivity index (χ4v) is 4.57. The molecule has 5 nitrogen and oxygen atoms in total. The number of thioether (sulfide) groups is 1. The van der Waals surface area contributed by atoms with Gasteiger partial charge in [-0.3, -0.25) is 14.5 Å². The van der Waals surface area contributed by atoms with Crippen LogP contribution in [0.5, 0.6) is 0 Å². The van der Waals surface area contributed by atoms with Crippen LogP contribution in [0.1, 0.15) is 26.2 Å². The molecule has 1 heterocycles. The number of unbranched alkanes of at least 4 members (excludes halogenated alkanes) is 1. The minimum absolute atomic E-state index is 0.0151. The molecule has 0 bridgehead atoms. The van der Waals surface area contributed by atoms with Crippen molar-refractivity contribution in [3.05, 3.63) is 58.3 Å². The van der Waals surface area contributed by atoms with Gasteiger partial charge in [0.2, 0.25) is 11.8 Å². The highest BCUT2D eigenvalue weighted by atomic mass is 35.5. The van der Waals surface area contributed by atoms with Crippen LogP contribution in [0.3, 0.4) is 0 Å². The van der Waals surface area contributed by atoms with Crippen molar-refractivity contribution in [3.63, 3.8) is 0 Å². The first-order valence-corrected chi connectivity index (χ1v) is 11.1. The number of carbonyl (C=O) groups is 2. The molecule has 1 aliphatic heterocycles. The van der Waals surface area contributed by atoms with Gasteiger partial charge in [0.25, 0.3) is 0 Å². The minimum Gasteiger partial charge on any atom is -0.326 e. The van der Waals surface area contributed by atoms with Gasteiger partial charge in [-0.25, -0.2) is 9.38 Å². The Balaban J connectivity index is 1.75. The van der Waals surface area contributed by atoms with Crippen molar-refractivity contribution in [1.82, 2.24) is 4.90 Å². The molecule has 0 spiro atoms. The second-order valence-corrected chi connectivity index (χ2v) is 8.77. The van der Waals surface area contributed by atoms with E-state index in [1.54, 1.807) is 23.1 Å². The second-order valence-electron chi connectivity index (χ2n) is 6.73. The monoisotopic (exact) mass is 467 g/mol. The molecular formula is C21H20Cl2FN3O2S. The van der Waals surface area contributed by atoms with Crippen LogP contribution in [0.2, 0.25) is 10.0 Å². The largest absolute Gasteiger partial charge is 0.326 e. The maximum Gasteiger partial charge on any atom is 0.242 e. The van der Waals surface area contributed by atoms with Crippen molar-refractivity contribution in [2.24, 2.45) is 4.99 Å². The van der Waals surface area contributed by atoms with Crippen molar-refractivity contribution in [3.8, 4) is 0 Å². The molecule has 158 valence electrons. The van der Waals surface area contributed by atoms with Gasteiger partial charge in [0.1, 0.15) is 11.1 Å². The summed E-state index contributed by atoms with van der Waals surface area (Å²) in [7, 11) is 0. The summed E-state index contributed by atoms with van der Waals surface area (Å²) in [6, 6.07) is 10.4. The molecule has 1 atom stereocenters. The van der Waals surface area contributed by atoms with Crippen LogP contribution in [0.4, 0.5) is 15.8 Å². The Labute approximate surface area is 188 Å². The molecule has 1 N–H and O–H groups in total. The summed E-state index contributed by atoms with van der Waals surface area (Å²) in [6.07, 6.45) is 1.72. The minimum atomic E-state index is -0.587. The first-order chi connectivity index (χ1) is 14.4. The average molecular weight is 468 g/mol. The molecule has 0 aromatic heterocycles. The molecule has 2 aromatic carbocycles. The summed E-state index contributed by atoms with van der Waals surface area (Å²) in [6.45, 7) is 2.56. The number of nitrogens with zero attached hydrogens (tertiary/aromatic N) is 2. The van der Waals surface area contributed by atoms with Crippen molar-refractivity contribution in [2.45, 2.75) is 31.4 Å². The van der Waals surface area contributed by atoms with E-state index in [4.69, 9.17) is 23.2 Å². The van der Waals surface area contributed by atoms with Crippen LogP contribution in [0.25, 0.3) is 0 Å². The molecule has 2 aromatic rings. The summed E-state index contributed by atoms with van der Waals surface area (Å²) < 4.78 is 13.0. The second kappa shape index (κ2) is 10.3. The van der Waals surface area contributed by atoms with Gasteiger partial charge in [-0.2, -0.15) is 0 Å². The van der Waals surface area contributed by atoms with E-state index >= 15 is 0 Å². The SMILES string of the molecule is CCCCN1C(=O)[C@H](CC(=O)Nc2ccc(F)cc2)SC1=Nc1cc(Cl)cc(Cl)c1. The molecule has 9 heteroatoms. The zero-order chi connectivity index (χ0) is 21.7. The van der Waals surface area contributed by atoms with Gasteiger partial charge in [-0.15, -0.1) is 0 Å². The van der Waals surface area contributed by atoms with Crippen LogP contribution in [0.15, 0.2) is 47.5 Å². The summed E-state index contributed by atoms with van der Waals surface area (Å²) >= 11 is 13.3. The number of hydrogen-bond donors (Lipinski definition) is 1. The molecule has 1 fully saturated rings. The number of carbonyl (C=O) groups excluding carboxylic acids is 2. The van der Waals surface area contributed by atoms with E-state index in [-0.39, 0.29) is 24.1 Å². The van der Waals surface area contributed by atoms with E-state index in [9.17, 15) is 14.0 Å². The van der Waals surface area contributed by atoms with Crippen LogP contribution in [-0.2, 0) is 9.59 Å². The third-order valence-electron chi connectivity index (χ3n) is 4.33. The highest BCUT2D eigenvalue weighted by Crippen LogP contribution is 2.33. The number of anilines is 1. The van der Waals surface area contributed by atoms with E-state index in [2.05, 4.69) is 10.3 Å². The Morgan fingerprint density at radius 2 is 1.87 bits per heavy atom. The number of aliphatic imine (C=N–C) groups is 1. The summed E-state index contributed by atoms with van der Waals surface area (Å²) in [5.41, 5.74) is 1.02. The highest BCUT2D eigenvalue weighted by Gasteiger charge is 2.38. The molecule has 1 saturated heterocycles. The molecule has 0 radical (unpaired) electrons. The van der Waals surface area contributed by atoms with E-state index in [1.165, 1.54) is 36.0 Å². The predicted molar refractivity (Wildman–Crippen MR) is 121 cm³/mol. The molecule has 0 aliphatic carbocycles. The quantitative estimate of drug-likeness (QED) is 0.551. The van der Waals surface area contributed by atoms with E-state index in [0.29, 0.717) is 33.1 Å². The van der Waals surface area contributed by atoms with Crippen molar-refractivity contribution < 1.29 is 14.0 Å². The Hall–Kier alpha value is -2.09. The molecule has 0 saturated carbocycles. The number of hydrogen-bond acceptors (Lipinski definition) is 4. The molecule has 30 heavy (non-hydrogen) atoms. The lowest BCUT2D eigenvalue weighted by molar-refractivity contribution is -0.128. The van der Waals surface area contributed by atoms with Crippen molar-refractivity contribution >= 4 is 63.3 Å². The number of rotatable bonds is 7. The summed E-state index contributed by atoms with van der Waals surface area (Å²) in [4.78, 5) is 31.5. The molecule has 3 rings (SSSR count). The first-order valence-electron chi connectivity index (χ1n) is 9.44. The molecular weight excluding hydrogens is 448 g/mol. The number of halogens is 3. The van der Waals surface area contributed by atoms with Gasteiger partial charge in [0, 0.05) is 28.7 Å². The lowest BCUT2D eigenvalue weighted by Gasteiger charge is -2.16. The van der Waals surface area contributed by atoms with Crippen LogP contribution >= 0.6 is 35.0 Å². The first kappa shape index (κ1) is 22.6. The maximum atomic E-state index is 13.0. The Bertz CT molecular complexity index is 949. The summed E-state index contributed by atoms with van der Waals surface area (Å²) in [5, 5.41) is 3.52. The fourth-order valence-electron chi connectivity index (χ4n) is 2.87. The standard InChI is InChI=1S/C21H20Cl2FN3O2S/c1-2-3-8-27-20(29)18(12-19(28)25-16-6-4-15(24)5-7-16)30-21(27)26-17-10-13(22)9-14(23)11-17/h4-7,9-11,18H,2-3,8,12H2,1H3,(H,25,28)/t18-/m0/s1. The van der Waals surface area contributed by atoms with Crippen LogP contribution in [0, 0.1) is 5.82 Å². The topological polar surface area (TPSA) is 61.8 Å². The van der Waals surface area contributed by atoms with E-state index < -0.39 is 5.25 Å². The number of amides is 2. The van der Waals surface area contributed by atoms with Gasteiger partial charge in [-0.05, 0) is 48.9 Å². The Morgan fingerprint density at radius 3 is 2.50 bits per heavy atom. The summed E-state index contributed by atoms with van der Waals surface area (Å²) in [5.74, 6) is -0.868. The van der Waals surface area contributed by atoms with Crippen LogP contribution in [-0.4, -0.2) is 33.7 Å². The highest BCUT2D eigenvalue weighted by molar-refractivity contribution is 8.15. The van der Waals surface area contributed by atoms with Crippen molar-refractivity contribution in [2.75, 3.05) is 11.9 Å². The zero-order valence-electron chi connectivity index (χ0n) is 16.2. The molecule has 2 amide bonds. The van der Waals surface area contributed by atoms with E-state index in [1.807, 2.05) is 6.92 Å². The number of nitrogens with one attached hydrogen (secondary N) is 1. The fraction of sp³-hybridized carbons (Fsp3) is 0.286. The van der Waals surface area contributed by atoms with Crippen LogP contribution < -0.4 is 5.32 Å². The van der Waals surface area contributed by atoms with Gasteiger partial charge < -0.3 is 5.32 Å². The van der Waals surface area contributed by atoms with Gasteiger partial charge in [0.05, 0.1) is 5.69 Å². The van der Waals surface area contributed by atoms with E-state index in [0.717, 1.165) is 12.8 Å². The Kier molecular flexibility index (Phi) is 7.75. The average Bonchev–Trinajstić information content (AvgIpc) is 2.95. The van der Waals surface area contributed by atoms with Gasteiger partial charge in [-0.1, -0.05) is 48.3 Å². The lowest BCUT2D eigenvalue weighted by Crippen LogP contribution is -2.34. The van der Waals surface area contributed by atoms with Crippen molar-refractivity contribution in [1.29, 1.82) is 0 Å². The Morgan fingerprint density at radius 1 is 1.20 bits per heavy atom. The van der Waals surface area contributed by atoms with Gasteiger partial charge in [0.15, 0.2) is 5.17 Å². The molecule has 0 unspecified atom stereocenters. The lowest BCUT2D eigenvalue weighted by atomic mass is 10.2. The third-order valence-corrected chi connectivity index (χ3v) is 5.94. The van der Waals surface area contributed by atoms with Gasteiger partial charge >= 0.3 is 0 Å². The zero-order valence-corrected chi connectivity index (χ0v) is 18.5. The smallest absolute Gasteiger partial charge is 0.242 e. The number of amidine groups is 1. The number of benzene rings is 2. The third kappa shape index (κ3) is 5.97.